The van der Waals surface area contributed by atoms with Gasteiger partial charge in [-0.25, -0.2) is 4.98 Å². The molecule has 1 N–H and O–H groups in total. The minimum atomic E-state index is -0.370. The molecule has 1 aliphatic heterocycles. The second-order valence-corrected chi connectivity index (χ2v) is 4.99. The first-order chi connectivity index (χ1) is 8.65. The molecule has 3 rings (SSSR count). The van der Waals surface area contributed by atoms with Gasteiger partial charge in [0.05, 0.1) is 12.2 Å². The predicted molar refractivity (Wildman–Crippen MR) is 66.8 cm³/mol. The van der Waals surface area contributed by atoms with Crippen LogP contribution in [0, 0.1) is 0 Å². The smallest absolute Gasteiger partial charge is 0.234 e. The van der Waals surface area contributed by atoms with Gasteiger partial charge in [-0.15, -0.1) is 0 Å². The van der Waals surface area contributed by atoms with Gasteiger partial charge in [0, 0.05) is 12.0 Å². The van der Waals surface area contributed by atoms with Crippen LogP contribution in [0.4, 0.5) is 0 Å². The number of aromatic nitrogens is 1. The molecule has 2 amide bonds. The summed E-state index contributed by atoms with van der Waals surface area (Å²) >= 11 is 3.29. The molecule has 92 valence electrons. The SMILES string of the molecule is O=C1CCC(c2coc3ccc(Br)nc23)C(=O)N1. The van der Waals surface area contributed by atoms with Crippen molar-refractivity contribution < 1.29 is 14.0 Å². The number of amides is 2. The van der Waals surface area contributed by atoms with Crippen LogP contribution in [0.1, 0.15) is 24.3 Å². The lowest BCUT2D eigenvalue weighted by atomic mass is 9.92. The summed E-state index contributed by atoms with van der Waals surface area (Å²) in [6.07, 6.45) is 2.38. The Kier molecular flexibility index (Phi) is 2.66. The van der Waals surface area contributed by atoms with Crippen LogP contribution < -0.4 is 5.32 Å². The number of fused-ring (bicyclic) bond motifs is 1. The summed E-state index contributed by atoms with van der Waals surface area (Å²) in [7, 11) is 0. The molecule has 5 nitrogen and oxygen atoms in total. The third-order valence-corrected chi connectivity index (χ3v) is 3.47. The van der Waals surface area contributed by atoms with Crippen molar-refractivity contribution in [2.45, 2.75) is 18.8 Å². The molecule has 1 atom stereocenters. The number of imide groups is 1. The lowest BCUT2D eigenvalue weighted by molar-refractivity contribution is -0.134. The molecule has 6 heteroatoms. The molecular weight excluding hydrogens is 300 g/mol. The normalized spacial score (nSPS) is 20.2. The standard InChI is InChI=1S/C12H9BrN2O3/c13-9-3-2-8-11(14-9)7(5-18-8)6-1-4-10(16)15-12(6)17/h2-3,5-6H,1,4H2,(H,15,16,17). The Morgan fingerprint density at radius 2 is 2.22 bits per heavy atom. The quantitative estimate of drug-likeness (QED) is 0.647. The van der Waals surface area contributed by atoms with E-state index in [9.17, 15) is 9.59 Å². The van der Waals surface area contributed by atoms with Crippen molar-refractivity contribution in [3.63, 3.8) is 0 Å². The Hall–Kier alpha value is -1.69. The van der Waals surface area contributed by atoms with Crippen molar-refractivity contribution in [1.82, 2.24) is 10.3 Å². The maximum Gasteiger partial charge on any atom is 0.234 e. The zero-order valence-electron chi connectivity index (χ0n) is 9.27. The van der Waals surface area contributed by atoms with Crippen LogP contribution in [0.25, 0.3) is 11.1 Å². The van der Waals surface area contributed by atoms with Gasteiger partial charge < -0.3 is 4.42 Å². The number of piperidine rings is 1. The summed E-state index contributed by atoms with van der Waals surface area (Å²) in [6.45, 7) is 0. The lowest BCUT2D eigenvalue weighted by Gasteiger charge is -2.19. The average molecular weight is 309 g/mol. The summed E-state index contributed by atoms with van der Waals surface area (Å²) in [5, 5.41) is 2.34. The van der Waals surface area contributed by atoms with Crippen molar-refractivity contribution >= 4 is 38.8 Å². The number of pyridine rings is 1. The molecular formula is C12H9BrN2O3. The predicted octanol–water partition coefficient (Wildman–Crippen LogP) is 2.11. The highest BCUT2D eigenvalue weighted by molar-refractivity contribution is 9.10. The van der Waals surface area contributed by atoms with Crippen molar-refractivity contribution in [2.24, 2.45) is 0 Å². The van der Waals surface area contributed by atoms with Crippen LogP contribution in [0.2, 0.25) is 0 Å². The second-order valence-electron chi connectivity index (χ2n) is 4.18. The number of rotatable bonds is 1. The van der Waals surface area contributed by atoms with Crippen molar-refractivity contribution in [3.8, 4) is 0 Å². The minimum absolute atomic E-state index is 0.224. The first kappa shape index (κ1) is 11.4. The molecule has 1 fully saturated rings. The van der Waals surface area contributed by atoms with E-state index in [-0.39, 0.29) is 17.7 Å². The molecule has 0 radical (unpaired) electrons. The van der Waals surface area contributed by atoms with Gasteiger partial charge in [0.1, 0.15) is 10.1 Å². The third kappa shape index (κ3) is 1.82. The fourth-order valence-electron chi connectivity index (χ4n) is 2.14. The molecule has 3 heterocycles. The van der Waals surface area contributed by atoms with Gasteiger partial charge in [0.25, 0.3) is 0 Å². The van der Waals surface area contributed by atoms with Gasteiger partial charge in [0.2, 0.25) is 11.8 Å². The van der Waals surface area contributed by atoms with E-state index in [1.807, 2.05) is 0 Å². The van der Waals surface area contributed by atoms with Gasteiger partial charge in [-0.3, -0.25) is 14.9 Å². The third-order valence-electron chi connectivity index (χ3n) is 3.03. The monoisotopic (exact) mass is 308 g/mol. The highest BCUT2D eigenvalue weighted by Gasteiger charge is 2.30. The van der Waals surface area contributed by atoms with E-state index >= 15 is 0 Å². The molecule has 2 aromatic heterocycles. The first-order valence-electron chi connectivity index (χ1n) is 5.52. The summed E-state index contributed by atoms with van der Waals surface area (Å²) in [6, 6.07) is 3.57. The van der Waals surface area contributed by atoms with Gasteiger partial charge in [-0.05, 0) is 34.5 Å². The summed E-state index contributed by atoms with van der Waals surface area (Å²) < 4.78 is 6.07. The van der Waals surface area contributed by atoms with Gasteiger partial charge >= 0.3 is 0 Å². The molecule has 2 aromatic rings. The zero-order valence-corrected chi connectivity index (χ0v) is 10.9. The topological polar surface area (TPSA) is 72.2 Å². The number of halogens is 1. The summed E-state index contributed by atoms with van der Waals surface area (Å²) in [4.78, 5) is 27.3. The maximum atomic E-state index is 11.8. The van der Waals surface area contributed by atoms with Crippen LogP contribution >= 0.6 is 15.9 Å². The molecule has 0 bridgehead atoms. The van der Waals surface area contributed by atoms with Gasteiger partial charge in [0.15, 0.2) is 5.58 Å². The fraction of sp³-hybridized carbons (Fsp3) is 0.250. The van der Waals surface area contributed by atoms with Crippen LogP contribution in [0.3, 0.4) is 0 Å². The number of hydrogen-bond acceptors (Lipinski definition) is 4. The van der Waals surface area contributed by atoms with Crippen molar-refractivity contribution in [2.75, 3.05) is 0 Å². The molecule has 0 saturated carbocycles. The summed E-state index contributed by atoms with van der Waals surface area (Å²) in [5.74, 6) is -0.875. The molecule has 1 aliphatic rings. The average Bonchev–Trinajstić information content (AvgIpc) is 2.72. The fourth-order valence-corrected chi connectivity index (χ4v) is 2.45. The van der Waals surface area contributed by atoms with E-state index in [4.69, 9.17) is 4.42 Å². The lowest BCUT2D eigenvalue weighted by Crippen LogP contribution is -2.39. The Morgan fingerprint density at radius 1 is 1.39 bits per heavy atom. The van der Waals surface area contributed by atoms with Gasteiger partial charge in [-0.1, -0.05) is 0 Å². The van der Waals surface area contributed by atoms with Gasteiger partial charge in [-0.2, -0.15) is 0 Å². The van der Waals surface area contributed by atoms with E-state index in [0.29, 0.717) is 28.5 Å². The molecule has 0 spiro atoms. The Balaban J connectivity index is 2.06. The van der Waals surface area contributed by atoms with E-state index in [1.165, 1.54) is 0 Å². The molecule has 1 saturated heterocycles. The minimum Gasteiger partial charge on any atom is -0.462 e. The number of nitrogens with one attached hydrogen (secondary N) is 1. The van der Waals surface area contributed by atoms with E-state index in [1.54, 1.807) is 18.4 Å². The Labute approximate surface area is 111 Å². The number of carbonyl (C=O) groups is 2. The highest BCUT2D eigenvalue weighted by Crippen LogP contribution is 2.32. The zero-order chi connectivity index (χ0) is 12.7. The van der Waals surface area contributed by atoms with Crippen molar-refractivity contribution in [1.29, 1.82) is 0 Å². The molecule has 18 heavy (non-hydrogen) atoms. The number of furan rings is 1. The summed E-state index contributed by atoms with van der Waals surface area (Å²) in [5.41, 5.74) is 2.04. The van der Waals surface area contributed by atoms with Crippen LogP contribution in [0.5, 0.6) is 0 Å². The number of carbonyl (C=O) groups excluding carboxylic acids is 2. The van der Waals surface area contributed by atoms with Crippen LogP contribution in [0.15, 0.2) is 27.4 Å². The molecule has 0 aliphatic carbocycles. The van der Waals surface area contributed by atoms with E-state index in [2.05, 4.69) is 26.2 Å². The van der Waals surface area contributed by atoms with E-state index < -0.39 is 0 Å². The highest BCUT2D eigenvalue weighted by atomic mass is 79.9. The number of nitrogens with zero attached hydrogens (tertiary/aromatic N) is 1. The largest absolute Gasteiger partial charge is 0.462 e. The Morgan fingerprint density at radius 3 is 3.00 bits per heavy atom. The number of hydrogen-bond donors (Lipinski definition) is 1. The Bertz CT molecular complexity index is 650. The van der Waals surface area contributed by atoms with Crippen LogP contribution in [-0.4, -0.2) is 16.8 Å². The van der Waals surface area contributed by atoms with Crippen molar-refractivity contribution in [3.05, 3.63) is 28.6 Å². The molecule has 1 unspecified atom stereocenters. The van der Waals surface area contributed by atoms with E-state index in [0.717, 1.165) is 5.56 Å². The first-order valence-corrected chi connectivity index (χ1v) is 6.32. The maximum absolute atomic E-state index is 11.8. The van der Waals surface area contributed by atoms with Crippen LogP contribution in [-0.2, 0) is 9.59 Å². The second kappa shape index (κ2) is 4.20. The molecule has 0 aromatic carbocycles.